The third kappa shape index (κ3) is 3.13. The van der Waals surface area contributed by atoms with Crippen molar-refractivity contribution < 1.29 is 18.7 Å². The number of carbonyl (C=O) groups excluding carboxylic acids is 2. The number of benzene rings is 3. The zero-order valence-corrected chi connectivity index (χ0v) is 20.9. The smallest absolute Gasteiger partial charge is 0.291 e. The van der Waals surface area contributed by atoms with Crippen LogP contribution in [0.25, 0.3) is 11.0 Å². The molecule has 1 unspecified atom stereocenters. The topological polar surface area (TPSA) is 80.1 Å². The van der Waals surface area contributed by atoms with Crippen molar-refractivity contribution in [2.75, 3.05) is 25.2 Å². The molecule has 3 heterocycles. The molecule has 4 aromatic rings. The average molecular weight is 495 g/mol. The Balaban J connectivity index is 1.66. The van der Waals surface area contributed by atoms with Crippen LogP contribution in [0.4, 0.5) is 5.69 Å². The van der Waals surface area contributed by atoms with Crippen LogP contribution < -0.4 is 10.3 Å². The van der Waals surface area contributed by atoms with Gasteiger partial charge in [-0.2, -0.15) is 0 Å². The van der Waals surface area contributed by atoms with Crippen molar-refractivity contribution in [2.24, 2.45) is 0 Å². The number of ether oxygens (including phenoxy) is 1. The van der Waals surface area contributed by atoms with E-state index in [0.717, 1.165) is 16.7 Å². The van der Waals surface area contributed by atoms with E-state index in [0.29, 0.717) is 28.8 Å². The molecule has 7 nitrogen and oxygen atoms in total. The molecule has 0 aliphatic carbocycles. The molecule has 1 spiro atoms. The number of anilines is 1. The Labute approximate surface area is 213 Å². The van der Waals surface area contributed by atoms with Crippen molar-refractivity contribution in [3.63, 3.8) is 0 Å². The summed E-state index contributed by atoms with van der Waals surface area (Å²) >= 11 is 0. The zero-order valence-electron chi connectivity index (χ0n) is 20.9. The second kappa shape index (κ2) is 8.42. The van der Waals surface area contributed by atoms with Gasteiger partial charge in [0.25, 0.3) is 11.8 Å². The molecule has 0 N–H and O–H groups in total. The van der Waals surface area contributed by atoms with Gasteiger partial charge in [0.1, 0.15) is 5.58 Å². The standard InChI is InChI=1S/C30H26N2O5/c1-18-12-13-24-21(16-18)26(33)25-27(37-24)28(34)32(14-15-36-3)30(25)22-10-6-7-11-23(22)31(29(30)35)17-20-9-5-4-8-19(20)2/h4-13,16H,14-15,17H2,1-3H3. The quantitative estimate of drug-likeness (QED) is 0.413. The van der Waals surface area contributed by atoms with Gasteiger partial charge in [-0.25, -0.2) is 0 Å². The van der Waals surface area contributed by atoms with Crippen LogP contribution in [0.2, 0.25) is 0 Å². The van der Waals surface area contributed by atoms with Gasteiger partial charge >= 0.3 is 0 Å². The summed E-state index contributed by atoms with van der Waals surface area (Å²) in [7, 11) is 1.54. The van der Waals surface area contributed by atoms with Crippen LogP contribution in [0.15, 0.2) is 75.9 Å². The second-order valence-electron chi connectivity index (χ2n) is 9.63. The first-order valence-electron chi connectivity index (χ1n) is 12.2. The molecule has 186 valence electrons. The first kappa shape index (κ1) is 23.2. The average Bonchev–Trinajstić information content (AvgIpc) is 3.29. The van der Waals surface area contributed by atoms with Gasteiger partial charge < -0.3 is 19.0 Å². The number of methoxy groups -OCH3 is 1. The molecule has 6 rings (SSSR count). The lowest BCUT2D eigenvalue weighted by molar-refractivity contribution is -0.126. The van der Waals surface area contributed by atoms with Gasteiger partial charge in [0.2, 0.25) is 5.76 Å². The van der Waals surface area contributed by atoms with E-state index in [9.17, 15) is 14.4 Å². The monoisotopic (exact) mass is 494 g/mol. The van der Waals surface area contributed by atoms with Gasteiger partial charge in [-0.3, -0.25) is 14.4 Å². The maximum atomic E-state index is 14.6. The second-order valence-corrected chi connectivity index (χ2v) is 9.63. The van der Waals surface area contributed by atoms with Crippen LogP contribution in [0, 0.1) is 13.8 Å². The Morgan fingerprint density at radius 3 is 2.49 bits per heavy atom. The van der Waals surface area contributed by atoms with E-state index in [4.69, 9.17) is 9.15 Å². The van der Waals surface area contributed by atoms with Gasteiger partial charge in [0, 0.05) is 19.2 Å². The van der Waals surface area contributed by atoms with E-state index in [1.54, 1.807) is 17.0 Å². The fraction of sp³-hybridized carbons (Fsp3) is 0.233. The number of hydrogen-bond acceptors (Lipinski definition) is 5. The van der Waals surface area contributed by atoms with Gasteiger partial charge in [0.05, 0.1) is 29.8 Å². The number of hydrogen-bond donors (Lipinski definition) is 0. The number of aryl methyl sites for hydroxylation is 2. The van der Waals surface area contributed by atoms with Crippen LogP contribution >= 0.6 is 0 Å². The lowest BCUT2D eigenvalue weighted by Crippen LogP contribution is -2.54. The van der Waals surface area contributed by atoms with Crippen LogP contribution in [0.5, 0.6) is 0 Å². The van der Waals surface area contributed by atoms with E-state index >= 15 is 0 Å². The molecule has 0 fully saturated rings. The number of amides is 2. The Hall–Kier alpha value is -4.23. The maximum Gasteiger partial charge on any atom is 0.291 e. The zero-order chi connectivity index (χ0) is 25.9. The Bertz CT molecular complexity index is 1660. The molecule has 1 atom stereocenters. The highest BCUT2D eigenvalue weighted by atomic mass is 16.5. The number of para-hydroxylation sites is 1. The summed E-state index contributed by atoms with van der Waals surface area (Å²) < 4.78 is 11.4. The number of nitrogens with zero attached hydrogens (tertiary/aromatic N) is 2. The molecule has 0 radical (unpaired) electrons. The summed E-state index contributed by atoms with van der Waals surface area (Å²) in [6, 6.07) is 20.5. The predicted octanol–water partition coefficient (Wildman–Crippen LogP) is 4.30. The Morgan fingerprint density at radius 1 is 0.946 bits per heavy atom. The molecular weight excluding hydrogens is 468 g/mol. The van der Waals surface area contributed by atoms with Crippen LogP contribution in [-0.2, 0) is 21.6 Å². The fourth-order valence-corrected chi connectivity index (χ4v) is 5.70. The molecule has 0 bridgehead atoms. The van der Waals surface area contributed by atoms with Crippen molar-refractivity contribution in [1.29, 1.82) is 0 Å². The SMILES string of the molecule is COCCN1C(=O)c2oc3ccc(C)cc3c(=O)c2C12C(=O)N(Cc1ccccc1C)c1ccccc12. The summed E-state index contributed by atoms with van der Waals surface area (Å²) in [5, 5.41) is 0.349. The van der Waals surface area contributed by atoms with E-state index < -0.39 is 11.4 Å². The molecule has 0 saturated carbocycles. The molecular formula is C30H26N2O5. The van der Waals surface area contributed by atoms with Gasteiger partial charge in [0.15, 0.2) is 11.0 Å². The van der Waals surface area contributed by atoms with Crippen molar-refractivity contribution >= 4 is 28.5 Å². The molecule has 2 amide bonds. The summed E-state index contributed by atoms with van der Waals surface area (Å²) in [6.45, 7) is 4.51. The number of carbonyl (C=O) groups is 2. The van der Waals surface area contributed by atoms with E-state index in [-0.39, 0.29) is 35.8 Å². The van der Waals surface area contributed by atoms with Crippen LogP contribution in [0.1, 0.15) is 38.4 Å². The highest BCUT2D eigenvalue weighted by Crippen LogP contribution is 2.52. The highest BCUT2D eigenvalue weighted by Gasteiger charge is 2.64. The Kier molecular flexibility index (Phi) is 5.28. The van der Waals surface area contributed by atoms with Gasteiger partial charge in [-0.1, -0.05) is 54.1 Å². The maximum absolute atomic E-state index is 14.6. The minimum absolute atomic E-state index is 0.0800. The van der Waals surface area contributed by atoms with Gasteiger partial charge in [-0.05, 0) is 43.2 Å². The summed E-state index contributed by atoms with van der Waals surface area (Å²) in [5.74, 6) is -0.926. The Morgan fingerprint density at radius 2 is 1.70 bits per heavy atom. The molecule has 37 heavy (non-hydrogen) atoms. The summed E-state index contributed by atoms with van der Waals surface area (Å²) in [5.41, 5.74) is 2.58. The molecule has 2 aliphatic heterocycles. The molecule has 3 aromatic carbocycles. The fourth-order valence-electron chi connectivity index (χ4n) is 5.70. The summed E-state index contributed by atoms with van der Waals surface area (Å²) in [4.78, 5) is 45.8. The van der Waals surface area contributed by atoms with E-state index in [1.807, 2.05) is 68.4 Å². The minimum atomic E-state index is -1.64. The van der Waals surface area contributed by atoms with Crippen molar-refractivity contribution in [3.05, 3.63) is 111 Å². The lowest BCUT2D eigenvalue weighted by Gasteiger charge is -2.34. The third-order valence-corrected chi connectivity index (χ3v) is 7.50. The first-order chi connectivity index (χ1) is 17.9. The van der Waals surface area contributed by atoms with E-state index in [2.05, 4.69) is 0 Å². The predicted molar refractivity (Wildman–Crippen MR) is 140 cm³/mol. The third-order valence-electron chi connectivity index (χ3n) is 7.50. The van der Waals surface area contributed by atoms with Crippen molar-refractivity contribution in [2.45, 2.75) is 25.9 Å². The number of fused-ring (bicyclic) bond motifs is 5. The van der Waals surface area contributed by atoms with Crippen molar-refractivity contribution in [3.8, 4) is 0 Å². The first-order valence-corrected chi connectivity index (χ1v) is 12.2. The highest BCUT2D eigenvalue weighted by molar-refractivity contribution is 6.17. The van der Waals surface area contributed by atoms with Crippen LogP contribution in [-0.4, -0.2) is 37.0 Å². The lowest BCUT2D eigenvalue weighted by atomic mass is 9.84. The molecule has 7 heteroatoms. The van der Waals surface area contributed by atoms with E-state index in [1.165, 1.54) is 12.0 Å². The number of rotatable bonds is 5. The normalized spacial score (nSPS) is 18.2. The van der Waals surface area contributed by atoms with Gasteiger partial charge in [-0.15, -0.1) is 0 Å². The van der Waals surface area contributed by atoms with Crippen molar-refractivity contribution in [1.82, 2.24) is 4.90 Å². The largest absolute Gasteiger partial charge is 0.450 e. The molecule has 1 aromatic heterocycles. The molecule has 2 aliphatic rings. The summed E-state index contributed by atoms with van der Waals surface area (Å²) in [6.07, 6.45) is 0. The van der Waals surface area contributed by atoms with Crippen LogP contribution in [0.3, 0.4) is 0 Å². The molecule has 0 saturated heterocycles. The minimum Gasteiger partial charge on any atom is -0.450 e.